The fraction of sp³-hybridized carbons (Fsp3) is 0.353. The monoisotopic (exact) mass is 328 g/mol. The Morgan fingerprint density at radius 3 is 2.42 bits per heavy atom. The Balaban J connectivity index is 2.06. The summed E-state index contributed by atoms with van der Waals surface area (Å²) in [6.45, 7) is 0.543. The normalized spacial score (nSPS) is 10.2. The summed E-state index contributed by atoms with van der Waals surface area (Å²) in [5.74, 6) is 1.07. The summed E-state index contributed by atoms with van der Waals surface area (Å²) >= 11 is 0. The lowest BCUT2D eigenvalue weighted by molar-refractivity contribution is 0.414. The summed E-state index contributed by atoms with van der Waals surface area (Å²) < 4.78 is 7.33. The summed E-state index contributed by atoms with van der Waals surface area (Å²) in [6.07, 6.45) is 1.62. The molecule has 0 saturated carbocycles. The average Bonchev–Trinajstić information content (AvgIpc) is 2.61. The zero-order valence-corrected chi connectivity index (χ0v) is 14.0. The SMILES string of the molecule is COc1ccc(CCCNc2c(C#N)c(=O)n(C)c(=O)n2C)cc1. The van der Waals surface area contributed by atoms with E-state index in [0.717, 1.165) is 28.7 Å². The maximum atomic E-state index is 12.0. The number of methoxy groups -OCH3 is 1. The minimum Gasteiger partial charge on any atom is -0.497 e. The molecule has 7 nitrogen and oxygen atoms in total. The van der Waals surface area contributed by atoms with Gasteiger partial charge < -0.3 is 10.1 Å². The van der Waals surface area contributed by atoms with Gasteiger partial charge in [0.05, 0.1) is 7.11 Å². The smallest absolute Gasteiger partial charge is 0.332 e. The van der Waals surface area contributed by atoms with E-state index in [1.165, 1.54) is 18.7 Å². The predicted molar refractivity (Wildman–Crippen MR) is 91.4 cm³/mol. The molecule has 2 aromatic rings. The molecule has 126 valence electrons. The molecule has 0 fully saturated rings. The van der Waals surface area contributed by atoms with Gasteiger partial charge >= 0.3 is 5.69 Å². The fourth-order valence-electron chi connectivity index (χ4n) is 2.44. The molecule has 0 bridgehead atoms. The fourth-order valence-corrected chi connectivity index (χ4v) is 2.44. The number of benzene rings is 1. The van der Waals surface area contributed by atoms with Gasteiger partial charge in [0, 0.05) is 20.6 Å². The summed E-state index contributed by atoms with van der Waals surface area (Å²) in [5, 5.41) is 12.2. The van der Waals surface area contributed by atoms with E-state index in [0.29, 0.717) is 6.54 Å². The highest BCUT2D eigenvalue weighted by Gasteiger charge is 2.14. The Kier molecular flexibility index (Phi) is 5.42. The number of aromatic nitrogens is 2. The molecule has 1 heterocycles. The van der Waals surface area contributed by atoms with Gasteiger partial charge in [0.1, 0.15) is 17.6 Å². The number of ether oxygens (including phenoxy) is 1. The van der Waals surface area contributed by atoms with Gasteiger partial charge in [-0.25, -0.2) is 4.79 Å². The Morgan fingerprint density at radius 2 is 1.83 bits per heavy atom. The highest BCUT2D eigenvalue weighted by Crippen LogP contribution is 2.13. The van der Waals surface area contributed by atoms with Crippen LogP contribution in [-0.2, 0) is 20.5 Å². The van der Waals surface area contributed by atoms with E-state index < -0.39 is 11.2 Å². The number of rotatable bonds is 6. The zero-order chi connectivity index (χ0) is 17.7. The van der Waals surface area contributed by atoms with E-state index in [1.54, 1.807) is 7.11 Å². The molecule has 0 atom stereocenters. The van der Waals surface area contributed by atoms with Crippen LogP contribution in [0.15, 0.2) is 33.9 Å². The van der Waals surface area contributed by atoms with Crippen LogP contribution < -0.4 is 21.3 Å². The first kappa shape index (κ1) is 17.3. The Labute approximate surface area is 139 Å². The van der Waals surface area contributed by atoms with Crippen LogP contribution in [0.1, 0.15) is 17.5 Å². The lowest BCUT2D eigenvalue weighted by Crippen LogP contribution is -2.40. The first-order valence-corrected chi connectivity index (χ1v) is 7.56. The molecule has 7 heteroatoms. The van der Waals surface area contributed by atoms with Crippen molar-refractivity contribution < 1.29 is 4.74 Å². The standard InChI is InChI=1S/C17H20N4O3/c1-20-15(14(11-18)16(22)21(2)17(20)23)19-10-4-5-12-6-8-13(24-3)9-7-12/h6-9,19H,4-5,10H2,1-3H3. The Bertz CT molecular complexity index is 873. The second-order valence-electron chi connectivity index (χ2n) is 5.42. The van der Waals surface area contributed by atoms with Crippen molar-refractivity contribution in [3.05, 3.63) is 56.2 Å². The van der Waals surface area contributed by atoms with Crippen LogP contribution in [0.4, 0.5) is 5.82 Å². The molecule has 24 heavy (non-hydrogen) atoms. The first-order valence-electron chi connectivity index (χ1n) is 7.56. The van der Waals surface area contributed by atoms with Crippen LogP contribution in [0.5, 0.6) is 5.75 Å². The molecule has 2 rings (SSSR count). The quantitative estimate of drug-likeness (QED) is 0.800. The van der Waals surface area contributed by atoms with Gasteiger partial charge in [0.25, 0.3) is 5.56 Å². The second kappa shape index (κ2) is 7.51. The van der Waals surface area contributed by atoms with Crippen molar-refractivity contribution in [2.24, 2.45) is 14.1 Å². The van der Waals surface area contributed by atoms with Crippen LogP contribution in [0.3, 0.4) is 0 Å². The summed E-state index contributed by atoms with van der Waals surface area (Å²) in [4.78, 5) is 23.9. The van der Waals surface area contributed by atoms with Crippen LogP contribution in [0.25, 0.3) is 0 Å². The van der Waals surface area contributed by atoms with Crippen molar-refractivity contribution in [1.82, 2.24) is 9.13 Å². The average molecular weight is 328 g/mol. The number of anilines is 1. The molecule has 0 unspecified atom stereocenters. The van der Waals surface area contributed by atoms with Crippen LogP contribution in [0.2, 0.25) is 0 Å². The van der Waals surface area contributed by atoms with Crippen molar-refractivity contribution in [2.45, 2.75) is 12.8 Å². The number of nitrogens with one attached hydrogen (secondary N) is 1. The van der Waals surface area contributed by atoms with E-state index in [-0.39, 0.29) is 11.4 Å². The van der Waals surface area contributed by atoms with Crippen molar-refractivity contribution in [3.8, 4) is 11.8 Å². The molecule has 0 aliphatic heterocycles. The third-order valence-corrected chi connectivity index (χ3v) is 3.87. The number of aryl methyl sites for hydroxylation is 1. The highest BCUT2D eigenvalue weighted by molar-refractivity contribution is 5.51. The minimum atomic E-state index is -0.585. The zero-order valence-electron chi connectivity index (χ0n) is 14.0. The molecule has 0 aliphatic carbocycles. The third-order valence-electron chi connectivity index (χ3n) is 3.87. The number of hydrogen-bond donors (Lipinski definition) is 1. The van der Waals surface area contributed by atoms with Crippen LogP contribution >= 0.6 is 0 Å². The number of nitriles is 1. The van der Waals surface area contributed by atoms with Gasteiger partial charge in [-0.1, -0.05) is 12.1 Å². The van der Waals surface area contributed by atoms with Crippen molar-refractivity contribution >= 4 is 5.82 Å². The van der Waals surface area contributed by atoms with E-state index in [2.05, 4.69) is 5.32 Å². The largest absolute Gasteiger partial charge is 0.497 e. The Hall–Kier alpha value is -3.01. The summed E-state index contributed by atoms with van der Waals surface area (Å²) in [5.41, 5.74) is 0.0647. The molecular weight excluding hydrogens is 308 g/mol. The molecule has 1 aromatic carbocycles. The summed E-state index contributed by atoms with van der Waals surface area (Å²) in [6, 6.07) is 9.67. The molecule has 0 spiro atoms. The topological polar surface area (TPSA) is 89.1 Å². The van der Waals surface area contributed by atoms with E-state index in [4.69, 9.17) is 4.74 Å². The molecule has 1 N–H and O–H groups in total. The van der Waals surface area contributed by atoms with Crippen molar-refractivity contribution in [3.63, 3.8) is 0 Å². The third kappa shape index (κ3) is 3.49. The van der Waals surface area contributed by atoms with Gasteiger partial charge in [-0.15, -0.1) is 0 Å². The molecule has 0 saturated heterocycles. The Morgan fingerprint density at radius 1 is 1.17 bits per heavy atom. The molecule has 0 amide bonds. The van der Waals surface area contributed by atoms with Gasteiger partial charge in [-0.2, -0.15) is 5.26 Å². The summed E-state index contributed by atoms with van der Waals surface area (Å²) in [7, 11) is 4.52. The predicted octanol–water partition coefficient (Wildman–Crippen LogP) is 1.01. The van der Waals surface area contributed by atoms with Crippen LogP contribution in [0, 0.1) is 11.3 Å². The molecule has 0 aliphatic rings. The molecule has 1 aromatic heterocycles. The van der Waals surface area contributed by atoms with E-state index in [9.17, 15) is 14.9 Å². The van der Waals surface area contributed by atoms with Crippen molar-refractivity contribution in [2.75, 3.05) is 19.0 Å². The first-order chi connectivity index (χ1) is 11.5. The molecular formula is C17H20N4O3. The highest BCUT2D eigenvalue weighted by atomic mass is 16.5. The number of nitrogens with zero attached hydrogens (tertiary/aromatic N) is 3. The van der Waals surface area contributed by atoms with E-state index >= 15 is 0 Å². The number of hydrogen-bond acceptors (Lipinski definition) is 5. The van der Waals surface area contributed by atoms with E-state index in [1.807, 2.05) is 30.3 Å². The molecule has 0 radical (unpaired) electrons. The lowest BCUT2D eigenvalue weighted by Gasteiger charge is -2.13. The van der Waals surface area contributed by atoms with Gasteiger partial charge in [0.2, 0.25) is 0 Å². The van der Waals surface area contributed by atoms with Crippen LogP contribution in [-0.4, -0.2) is 22.8 Å². The van der Waals surface area contributed by atoms with Gasteiger partial charge in [-0.3, -0.25) is 13.9 Å². The minimum absolute atomic E-state index is 0.0518. The maximum Gasteiger partial charge on any atom is 0.332 e. The van der Waals surface area contributed by atoms with Gasteiger partial charge in [0.15, 0.2) is 5.56 Å². The second-order valence-corrected chi connectivity index (χ2v) is 5.42. The maximum absolute atomic E-state index is 12.0. The lowest BCUT2D eigenvalue weighted by atomic mass is 10.1. The van der Waals surface area contributed by atoms with Gasteiger partial charge in [-0.05, 0) is 30.5 Å². The van der Waals surface area contributed by atoms with Crippen molar-refractivity contribution in [1.29, 1.82) is 5.26 Å².